The van der Waals surface area contributed by atoms with Crippen LogP contribution >= 0.6 is 0 Å². The first-order valence-electron chi connectivity index (χ1n) is 6.34. The van der Waals surface area contributed by atoms with Gasteiger partial charge in [-0.25, -0.2) is 9.18 Å². The third kappa shape index (κ3) is 2.43. The Bertz CT molecular complexity index is 822. The molecule has 0 fully saturated rings. The molecule has 0 heterocycles. The van der Waals surface area contributed by atoms with Gasteiger partial charge in [0.15, 0.2) is 0 Å². The van der Waals surface area contributed by atoms with Crippen molar-refractivity contribution in [1.29, 1.82) is 0 Å². The van der Waals surface area contributed by atoms with Crippen LogP contribution in [0.2, 0.25) is 0 Å². The Kier molecular flexibility index (Phi) is 3.28. The van der Waals surface area contributed by atoms with Gasteiger partial charge in [0.05, 0.1) is 0 Å². The predicted octanol–water partition coefficient (Wildman–Crippen LogP) is 4.47. The first kappa shape index (κ1) is 13.1. The van der Waals surface area contributed by atoms with Gasteiger partial charge in [0.25, 0.3) is 0 Å². The van der Waals surface area contributed by atoms with E-state index in [1.807, 2.05) is 30.3 Å². The van der Waals surface area contributed by atoms with Crippen LogP contribution in [0.3, 0.4) is 0 Å². The molecule has 3 aromatic rings. The van der Waals surface area contributed by atoms with E-state index in [9.17, 15) is 9.18 Å². The monoisotopic (exact) mass is 282 g/mol. The summed E-state index contributed by atoms with van der Waals surface area (Å²) in [4.78, 5) is 11.2. The lowest BCUT2D eigenvalue weighted by atomic mass is 10.1. The minimum absolute atomic E-state index is 0.0150. The van der Waals surface area contributed by atoms with Crippen LogP contribution in [0.1, 0.15) is 10.4 Å². The molecule has 0 aliphatic heterocycles. The molecule has 3 aromatic carbocycles. The van der Waals surface area contributed by atoms with Gasteiger partial charge in [-0.15, -0.1) is 0 Å². The average molecular weight is 282 g/mol. The molecule has 0 amide bonds. The molecule has 0 aromatic heterocycles. The standard InChI is InChI=1S/C17H11FO3/c18-13-8-4-10-15(16(13)17(19)20)21-14-9-3-6-11-5-1-2-7-12(11)14/h1-10H,(H,19,20). The van der Waals surface area contributed by atoms with E-state index in [0.717, 1.165) is 16.8 Å². The zero-order valence-corrected chi connectivity index (χ0v) is 10.9. The van der Waals surface area contributed by atoms with Crippen LogP contribution in [0.5, 0.6) is 11.5 Å². The highest BCUT2D eigenvalue weighted by Gasteiger charge is 2.17. The number of carboxylic acids is 1. The summed E-state index contributed by atoms with van der Waals surface area (Å²) in [5, 5.41) is 10.9. The van der Waals surface area contributed by atoms with Crippen LogP contribution in [-0.2, 0) is 0 Å². The fourth-order valence-electron chi connectivity index (χ4n) is 2.20. The summed E-state index contributed by atoms with van der Waals surface area (Å²) >= 11 is 0. The maximum Gasteiger partial charge on any atom is 0.342 e. The summed E-state index contributed by atoms with van der Waals surface area (Å²) in [5.74, 6) is -1.70. The smallest absolute Gasteiger partial charge is 0.342 e. The first-order chi connectivity index (χ1) is 10.2. The van der Waals surface area contributed by atoms with Crippen molar-refractivity contribution in [3.8, 4) is 11.5 Å². The Morgan fingerprint density at radius 2 is 1.57 bits per heavy atom. The maximum atomic E-state index is 13.7. The number of halogens is 1. The van der Waals surface area contributed by atoms with Gasteiger partial charge in [-0.1, -0.05) is 42.5 Å². The lowest BCUT2D eigenvalue weighted by Gasteiger charge is -2.11. The molecule has 3 rings (SSSR count). The number of ether oxygens (including phenoxy) is 1. The summed E-state index contributed by atoms with van der Waals surface area (Å²) in [6.45, 7) is 0. The molecule has 104 valence electrons. The van der Waals surface area contributed by atoms with E-state index in [2.05, 4.69) is 0 Å². The van der Waals surface area contributed by atoms with Crippen LogP contribution in [0.15, 0.2) is 60.7 Å². The van der Waals surface area contributed by atoms with Gasteiger partial charge in [-0.2, -0.15) is 0 Å². The van der Waals surface area contributed by atoms with Gasteiger partial charge in [-0.3, -0.25) is 0 Å². The van der Waals surface area contributed by atoms with Crippen LogP contribution in [0.4, 0.5) is 4.39 Å². The summed E-state index contributed by atoms with van der Waals surface area (Å²) in [6.07, 6.45) is 0. The van der Waals surface area contributed by atoms with Gasteiger partial charge < -0.3 is 9.84 Å². The zero-order valence-electron chi connectivity index (χ0n) is 10.9. The fourth-order valence-corrected chi connectivity index (χ4v) is 2.20. The number of benzene rings is 3. The number of hydrogen-bond donors (Lipinski definition) is 1. The van der Waals surface area contributed by atoms with Crippen LogP contribution < -0.4 is 4.74 Å². The molecular weight excluding hydrogens is 271 g/mol. The minimum atomic E-state index is -1.36. The fraction of sp³-hybridized carbons (Fsp3) is 0. The average Bonchev–Trinajstić information content (AvgIpc) is 2.47. The Morgan fingerprint density at radius 3 is 2.38 bits per heavy atom. The quantitative estimate of drug-likeness (QED) is 0.771. The van der Waals surface area contributed by atoms with Crippen molar-refractivity contribution in [1.82, 2.24) is 0 Å². The molecule has 0 radical (unpaired) electrons. The van der Waals surface area contributed by atoms with Crippen LogP contribution in [-0.4, -0.2) is 11.1 Å². The van der Waals surface area contributed by atoms with Crippen molar-refractivity contribution in [2.45, 2.75) is 0 Å². The normalized spacial score (nSPS) is 10.5. The largest absolute Gasteiger partial charge is 0.477 e. The van der Waals surface area contributed by atoms with Gasteiger partial charge in [0, 0.05) is 5.39 Å². The molecule has 0 unspecified atom stereocenters. The zero-order chi connectivity index (χ0) is 14.8. The van der Waals surface area contributed by atoms with Crippen molar-refractivity contribution in [3.63, 3.8) is 0 Å². The number of carboxylic acid groups (broad SMARTS) is 1. The molecule has 0 atom stereocenters. The molecule has 3 nitrogen and oxygen atoms in total. The highest BCUT2D eigenvalue weighted by Crippen LogP contribution is 2.32. The van der Waals surface area contributed by atoms with Crippen molar-refractivity contribution in [2.24, 2.45) is 0 Å². The third-order valence-electron chi connectivity index (χ3n) is 3.16. The second kappa shape index (κ2) is 5.25. The third-order valence-corrected chi connectivity index (χ3v) is 3.16. The Labute approximate surface area is 120 Å². The van der Waals surface area contributed by atoms with Crippen LogP contribution in [0.25, 0.3) is 10.8 Å². The minimum Gasteiger partial charge on any atom is -0.477 e. The summed E-state index contributed by atoms with van der Waals surface area (Å²) in [5.41, 5.74) is -0.467. The van der Waals surface area contributed by atoms with E-state index in [4.69, 9.17) is 9.84 Å². The first-order valence-corrected chi connectivity index (χ1v) is 6.34. The number of rotatable bonds is 3. The number of carbonyl (C=O) groups is 1. The second-order valence-electron chi connectivity index (χ2n) is 4.50. The van der Waals surface area contributed by atoms with Crippen molar-refractivity contribution in [2.75, 3.05) is 0 Å². The van der Waals surface area contributed by atoms with Crippen molar-refractivity contribution >= 4 is 16.7 Å². The van der Waals surface area contributed by atoms with Crippen molar-refractivity contribution in [3.05, 3.63) is 72.0 Å². The van der Waals surface area contributed by atoms with Crippen molar-refractivity contribution < 1.29 is 19.0 Å². The molecule has 4 heteroatoms. The molecule has 0 spiro atoms. The number of fused-ring (bicyclic) bond motifs is 1. The van der Waals surface area contributed by atoms with Gasteiger partial charge >= 0.3 is 5.97 Å². The lowest BCUT2D eigenvalue weighted by molar-refractivity contribution is 0.0689. The Morgan fingerprint density at radius 1 is 0.905 bits per heavy atom. The SMILES string of the molecule is O=C(O)c1c(F)cccc1Oc1cccc2ccccc12. The highest BCUT2D eigenvalue weighted by atomic mass is 19.1. The molecule has 0 bridgehead atoms. The molecule has 0 saturated heterocycles. The summed E-state index contributed by atoms with van der Waals surface area (Å²) < 4.78 is 19.3. The van der Waals surface area contributed by atoms with Crippen LogP contribution in [0, 0.1) is 5.82 Å². The van der Waals surface area contributed by atoms with Gasteiger partial charge in [0.1, 0.15) is 22.9 Å². The topological polar surface area (TPSA) is 46.5 Å². The van der Waals surface area contributed by atoms with E-state index in [-0.39, 0.29) is 5.75 Å². The van der Waals surface area contributed by atoms with E-state index in [1.165, 1.54) is 12.1 Å². The molecule has 21 heavy (non-hydrogen) atoms. The summed E-state index contributed by atoms with van der Waals surface area (Å²) in [7, 11) is 0. The van der Waals surface area contributed by atoms with E-state index >= 15 is 0 Å². The molecule has 0 aliphatic carbocycles. The van der Waals surface area contributed by atoms with Gasteiger partial charge in [-0.05, 0) is 23.6 Å². The van der Waals surface area contributed by atoms with Gasteiger partial charge in [0.2, 0.25) is 0 Å². The van der Waals surface area contributed by atoms with E-state index in [0.29, 0.717) is 5.75 Å². The maximum absolute atomic E-state index is 13.7. The highest BCUT2D eigenvalue weighted by molar-refractivity contribution is 5.92. The predicted molar refractivity (Wildman–Crippen MR) is 77.4 cm³/mol. The molecule has 1 N–H and O–H groups in total. The number of aromatic carboxylic acids is 1. The lowest BCUT2D eigenvalue weighted by Crippen LogP contribution is -2.03. The molecule has 0 saturated carbocycles. The second-order valence-corrected chi connectivity index (χ2v) is 4.50. The number of hydrogen-bond acceptors (Lipinski definition) is 2. The summed E-state index contributed by atoms with van der Waals surface area (Å²) in [6, 6.07) is 16.9. The molecular formula is C17H11FO3. The Balaban J connectivity index is 2.12. The van der Waals surface area contributed by atoms with E-state index in [1.54, 1.807) is 12.1 Å². The Hall–Kier alpha value is -2.88. The van der Waals surface area contributed by atoms with E-state index < -0.39 is 17.3 Å². The molecule has 0 aliphatic rings.